The Balaban J connectivity index is 3.42. The van der Waals surface area contributed by atoms with E-state index in [1.165, 1.54) is 0 Å². The molecule has 1 rings (SSSR count). The second-order valence-corrected chi connectivity index (χ2v) is 6.31. The maximum atomic E-state index is 12.4. The predicted octanol–water partition coefficient (Wildman–Crippen LogP) is 4.41. The molecule has 0 fully saturated rings. The highest BCUT2D eigenvalue weighted by molar-refractivity contribution is 6.04. The Hall–Kier alpha value is -1.84. The molecular formula is C19H28O4. The van der Waals surface area contributed by atoms with E-state index in [2.05, 4.69) is 0 Å². The van der Waals surface area contributed by atoms with Gasteiger partial charge in [0.1, 0.15) is 0 Å². The predicted molar refractivity (Wildman–Crippen MR) is 91.2 cm³/mol. The highest BCUT2D eigenvalue weighted by Gasteiger charge is 2.25. The van der Waals surface area contributed by atoms with Crippen molar-refractivity contribution < 1.29 is 19.4 Å². The SMILES string of the molecule is CCCCOC(=O)c1cc(CC)c(C)c(CC(C)C)c1C(=O)O. The van der Waals surface area contributed by atoms with Crippen LogP contribution < -0.4 is 0 Å². The highest BCUT2D eigenvalue weighted by atomic mass is 16.5. The number of rotatable bonds is 8. The Labute approximate surface area is 138 Å². The van der Waals surface area contributed by atoms with Crippen molar-refractivity contribution in [1.29, 1.82) is 0 Å². The molecule has 0 aliphatic carbocycles. The van der Waals surface area contributed by atoms with Gasteiger partial charge in [-0.25, -0.2) is 9.59 Å². The molecule has 4 heteroatoms. The first-order valence-electron chi connectivity index (χ1n) is 8.39. The molecule has 0 unspecified atom stereocenters. The largest absolute Gasteiger partial charge is 0.478 e. The number of carbonyl (C=O) groups is 2. The molecule has 0 aliphatic heterocycles. The Morgan fingerprint density at radius 3 is 2.39 bits per heavy atom. The summed E-state index contributed by atoms with van der Waals surface area (Å²) in [6.07, 6.45) is 3.09. The number of carbonyl (C=O) groups excluding carboxylic acids is 1. The minimum Gasteiger partial charge on any atom is -0.478 e. The van der Waals surface area contributed by atoms with Crippen LogP contribution in [-0.2, 0) is 17.6 Å². The molecule has 1 N–H and O–H groups in total. The summed E-state index contributed by atoms with van der Waals surface area (Å²) in [5, 5.41) is 9.66. The molecule has 0 spiro atoms. The van der Waals surface area contributed by atoms with E-state index >= 15 is 0 Å². The minimum atomic E-state index is -1.06. The second-order valence-electron chi connectivity index (χ2n) is 6.31. The van der Waals surface area contributed by atoms with Gasteiger partial charge in [0.15, 0.2) is 0 Å². The fraction of sp³-hybridized carbons (Fsp3) is 0.579. The lowest BCUT2D eigenvalue weighted by atomic mass is 9.87. The van der Waals surface area contributed by atoms with Crippen molar-refractivity contribution >= 4 is 11.9 Å². The summed E-state index contributed by atoms with van der Waals surface area (Å²) >= 11 is 0. The van der Waals surface area contributed by atoms with Crippen molar-refractivity contribution in [2.75, 3.05) is 6.61 Å². The smallest absolute Gasteiger partial charge is 0.339 e. The van der Waals surface area contributed by atoms with Gasteiger partial charge in [0.2, 0.25) is 0 Å². The first-order valence-corrected chi connectivity index (χ1v) is 8.39. The van der Waals surface area contributed by atoms with Crippen molar-refractivity contribution in [2.24, 2.45) is 5.92 Å². The fourth-order valence-electron chi connectivity index (χ4n) is 2.72. The molecule has 0 saturated carbocycles. The van der Waals surface area contributed by atoms with Gasteiger partial charge in [-0.2, -0.15) is 0 Å². The summed E-state index contributed by atoms with van der Waals surface area (Å²) in [5.41, 5.74) is 3.03. The van der Waals surface area contributed by atoms with E-state index in [0.717, 1.165) is 36.0 Å². The van der Waals surface area contributed by atoms with Crippen LogP contribution in [0.3, 0.4) is 0 Å². The normalized spacial score (nSPS) is 10.9. The van der Waals surface area contributed by atoms with Crippen LogP contribution in [0.2, 0.25) is 0 Å². The maximum Gasteiger partial charge on any atom is 0.339 e. The average molecular weight is 320 g/mol. The fourth-order valence-corrected chi connectivity index (χ4v) is 2.72. The zero-order chi connectivity index (χ0) is 17.6. The van der Waals surface area contributed by atoms with Crippen molar-refractivity contribution in [3.8, 4) is 0 Å². The molecule has 0 atom stereocenters. The molecule has 23 heavy (non-hydrogen) atoms. The number of esters is 1. The van der Waals surface area contributed by atoms with Crippen LogP contribution in [0.15, 0.2) is 6.07 Å². The van der Waals surface area contributed by atoms with E-state index in [4.69, 9.17) is 4.74 Å². The lowest BCUT2D eigenvalue weighted by molar-refractivity contribution is 0.0489. The lowest BCUT2D eigenvalue weighted by Gasteiger charge is -2.19. The van der Waals surface area contributed by atoms with Crippen LogP contribution in [0.25, 0.3) is 0 Å². The number of hydrogen-bond donors (Lipinski definition) is 1. The molecule has 0 bridgehead atoms. The molecule has 0 radical (unpaired) electrons. The number of aromatic carboxylic acids is 1. The van der Waals surface area contributed by atoms with Gasteiger partial charge in [0.25, 0.3) is 0 Å². The number of hydrogen-bond acceptors (Lipinski definition) is 3. The third kappa shape index (κ3) is 4.81. The monoisotopic (exact) mass is 320 g/mol. The van der Waals surface area contributed by atoms with Gasteiger partial charge >= 0.3 is 11.9 Å². The third-order valence-corrected chi connectivity index (χ3v) is 3.98. The van der Waals surface area contributed by atoms with Gasteiger partial charge in [-0.05, 0) is 54.9 Å². The topological polar surface area (TPSA) is 63.6 Å². The van der Waals surface area contributed by atoms with Crippen LogP contribution in [0, 0.1) is 12.8 Å². The van der Waals surface area contributed by atoms with Crippen LogP contribution >= 0.6 is 0 Å². The summed E-state index contributed by atoms with van der Waals surface area (Å²) in [6, 6.07) is 1.69. The van der Waals surface area contributed by atoms with E-state index in [0.29, 0.717) is 18.9 Å². The van der Waals surface area contributed by atoms with E-state index in [9.17, 15) is 14.7 Å². The number of ether oxygens (including phenoxy) is 1. The van der Waals surface area contributed by atoms with Gasteiger partial charge in [-0.15, -0.1) is 0 Å². The van der Waals surface area contributed by atoms with E-state index < -0.39 is 11.9 Å². The molecule has 4 nitrogen and oxygen atoms in total. The average Bonchev–Trinajstić information content (AvgIpc) is 2.48. The molecule has 1 aromatic rings. The zero-order valence-corrected chi connectivity index (χ0v) is 14.9. The summed E-state index contributed by atoms with van der Waals surface area (Å²) in [4.78, 5) is 24.2. The summed E-state index contributed by atoms with van der Waals surface area (Å²) in [5.74, 6) is -1.28. The van der Waals surface area contributed by atoms with Crippen molar-refractivity contribution in [3.63, 3.8) is 0 Å². The number of benzene rings is 1. The Morgan fingerprint density at radius 1 is 1.26 bits per heavy atom. The van der Waals surface area contributed by atoms with Crippen LogP contribution in [0.4, 0.5) is 0 Å². The summed E-state index contributed by atoms with van der Waals surface area (Å²) in [7, 11) is 0. The minimum absolute atomic E-state index is 0.106. The van der Waals surface area contributed by atoms with Gasteiger partial charge in [-0.1, -0.05) is 34.1 Å². The maximum absolute atomic E-state index is 12.4. The van der Waals surface area contributed by atoms with Crippen molar-refractivity contribution in [1.82, 2.24) is 0 Å². The number of carboxylic acids is 1. The van der Waals surface area contributed by atoms with E-state index in [-0.39, 0.29) is 11.1 Å². The standard InChI is InChI=1S/C19H28O4/c1-6-8-9-23-19(22)16-11-14(7-2)13(5)15(10-12(3)4)17(16)18(20)21/h11-12H,6-10H2,1-5H3,(H,20,21). The van der Waals surface area contributed by atoms with Crippen LogP contribution in [-0.4, -0.2) is 23.7 Å². The summed E-state index contributed by atoms with van der Waals surface area (Å²) < 4.78 is 5.26. The third-order valence-electron chi connectivity index (χ3n) is 3.98. The zero-order valence-electron chi connectivity index (χ0n) is 14.9. The van der Waals surface area contributed by atoms with Crippen molar-refractivity contribution in [2.45, 2.75) is 60.3 Å². The second kappa shape index (κ2) is 8.70. The Morgan fingerprint density at radius 2 is 1.91 bits per heavy atom. The quantitative estimate of drug-likeness (QED) is 0.569. The Kier molecular flexibility index (Phi) is 7.27. The Bertz CT molecular complexity index is 573. The van der Waals surface area contributed by atoms with Crippen LogP contribution in [0.5, 0.6) is 0 Å². The van der Waals surface area contributed by atoms with Gasteiger partial charge < -0.3 is 9.84 Å². The van der Waals surface area contributed by atoms with Crippen molar-refractivity contribution in [3.05, 3.63) is 33.9 Å². The lowest BCUT2D eigenvalue weighted by Crippen LogP contribution is -2.18. The number of carboxylic acid groups (broad SMARTS) is 1. The molecule has 0 heterocycles. The molecule has 0 amide bonds. The molecule has 1 aromatic carbocycles. The first kappa shape index (κ1) is 19.2. The van der Waals surface area contributed by atoms with E-state index in [1.54, 1.807) is 6.07 Å². The molecule has 128 valence electrons. The van der Waals surface area contributed by atoms with Gasteiger partial charge in [-0.3, -0.25) is 0 Å². The number of aryl methyl sites for hydroxylation is 1. The van der Waals surface area contributed by atoms with Gasteiger partial charge in [0.05, 0.1) is 17.7 Å². The van der Waals surface area contributed by atoms with Gasteiger partial charge in [0, 0.05) is 0 Å². The number of unbranched alkanes of at least 4 members (excludes halogenated alkanes) is 1. The van der Waals surface area contributed by atoms with Crippen LogP contribution in [0.1, 0.15) is 77.9 Å². The first-order chi connectivity index (χ1) is 10.8. The summed E-state index contributed by atoms with van der Waals surface area (Å²) in [6.45, 7) is 10.4. The molecular weight excluding hydrogens is 292 g/mol. The van der Waals surface area contributed by atoms with E-state index in [1.807, 2.05) is 34.6 Å². The highest BCUT2D eigenvalue weighted by Crippen LogP contribution is 2.27. The molecule has 0 aromatic heterocycles. The molecule has 0 saturated heterocycles. The molecule has 0 aliphatic rings.